The van der Waals surface area contributed by atoms with Crippen molar-refractivity contribution in [2.45, 2.75) is 50.5 Å². The molecule has 1 aliphatic carbocycles. The third-order valence-electron chi connectivity index (χ3n) is 3.87. The number of nitriles is 1. The summed E-state index contributed by atoms with van der Waals surface area (Å²) in [5.41, 5.74) is 2.05. The maximum Gasteiger partial charge on any atom is 0.100 e. The van der Waals surface area contributed by atoms with Crippen molar-refractivity contribution in [3.8, 4) is 6.07 Å². The zero-order chi connectivity index (χ0) is 14.2. The molecule has 0 saturated heterocycles. The van der Waals surface area contributed by atoms with Crippen LogP contribution in [0.1, 0.15) is 50.2 Å². The van der Waals surface area contributed by atoms with E-state index in [1.54, 1.807) is 0 Å². The zero-order valence-electron chi connectivity index (χ0n) is 12.3. The quantitative estimate of drug-likeness (QED) is 0.599. The lowest BCUT2D eigenvalue weighted by atomic mass is 10.1. The molecule has 0 heterocycles. The van der Waals surface area contributed by atoms with Crippen molar-refractivity contribution in [3.63, 3.8) is 0 Å². The van der Waals surface area contributed by atoms with Crippen LogP contribution in [0.3, 0.4) is 0 Å². The van der Waals surface area contributed by atoms with Crippen LogP contribution in [0.5, 0.6) is 0 Å². The average Bonchev–Trinajstić information content (AvgIpc) is 2.99. The Morgan fingerprint density at radius 1 is 1.35 bits per heavy atom. The lowest BCUT2D eigenvalue weighted by Crippen LogP contribution is -2.13. The van der Waals surface area contributed by atoms with Crippen molar-refractivity contribution in [2.24, 2.45) is 5.92 Å². The molecule has 108 valence electrons. The number of nitrogens with one attached hydrogen (secondary N) is 1. The fourth-order valence-electron chi connectivity index (χ4n) is 2.69. The molecule has 1 aliphatic rings. The van der Waals surface area contributed by atoms with Crippen molar-refractivity contribution < 1.29 is 0 Å². The number of rotatable bonds is 7. The van der Waals surface area contributed by atoms with Gasteiger partial charge in [-0.25, -0.2) is 0 Å². The summed E-state index contributed by atoms with van der Waals surface area (Å²) in [5.74, 6) is 2.03. The Hall–Kier alpha value is -0.980. The van der Waals surface area contributed by atoms with Crippen LogP contribution in [0.25, 0.3) is 0 Å². The Morgan fingerprint density at radius 3 is 2.85 bits per heavy atom. The van der Waals surface area contributed by atoms with Gasteiger partial charge in [-0.3, -0.25) is 0 Å². The molecule has 0 bridgehead atoms. The minimum absolute atomic E-state index is 0.837. The topological polar surface area (TPSA) is 35.8 Å². The highest BCUT2D eigenvalue weighted by Gasteiger charge is 2.15. The molecule has 0 amide bonds. The molecular formula is C17H24N2S. The van der Waals surface area contributed by atoms with E-state index in [1.807, 2.05) is 17.8 Å². The lowest BCUT2D eigenvalue weighted by molar-refractivity contribution is 0.623. The maximum atomic E-state index is 9.32. The first-order chi connectivity index (χ1) is 9.83. The van der Waals surface area contributed by atoms with Crippen LogP contribution < -0.4 is 5.32 Å². The second-order valence-corrected chi connectivity index (χ2v) is 6.64. The van der Waals surface area contributed by atoms with E-state index in [1.165, 1.54) is 37.0 Å². The average molecular weight is 288 g/mol. The number of hydrogen-bond donors (Lipinski definition) is 1. The molecule has 20 heavy (non-hydrogen) atoms. The Balaban J connectivity index is 1.93. The molecule has 1 aromatic rings. The molecule has 0 atom stereocenters. The van der Waals surface area contributed by atoms with E-state index < -0.39 is 0 Å². The Bertz CT molecular complexity index is 459. The van der Waals surface area contributed by atoms with E-state index in [4.69, 9.17) is 0 Å². The second-order valence-electron chi connectivity index (χ2n) is 5.58. The summed E-state index contributed by atoms with van der Waals surface area (Å²) in [6.07, 6.45) is 6.65. The first-order valence-corrected chi connectivity index (χ1v) is 8.68. The van der Waals surface area contributed by atoms with Crippen LogP contribution in [0.4, 0.5) is 0 Å². The smallest absolute Gasteiger partial charge is 0.100 e. The molecule has 1 N–H and O–H groups in total. The van der Waals surface area contributed by atoms with E-state index in [-0.39, 0.29) is 0 Å². The Morgan fingerprint density at radius 2 is 2.15 bits per heavy atom. The van der Waals surface area contributed by atoms with Gasteiger partial charge in [-0.15, -0.1) is 11.8 Å². The van der Waals surface area contributed by atoms with Crippen LogP contribution >= 0.6 is 11.8 Å². The van der Waals surface area contributed by atoms with Crippen LogP contribution in [0.2, 0.25) is 0 Å². The number of thioether (sulfide) groups is 1. The highest BCUT2D eigenvalue weighted by molar-refractivity contribution is 7.99. The van der Waals surface area contributed by atoms with E-state index in [0.29, 0.717) is 0 Å². The van der Waals surface area contributed by atoms with Gasteiger partial charge in [0.05, 0.1) is 5.56 Å². The van der Waals surface area contributed by atoms with Crippen molar-refractivity contribution >= 4 is 11.8 Å². The van der Waals surface area contributed by atoms with Crippen LogP contribution in [0, 0.1) is 17.2 Å². The standard InChI is InChI=1S/C17H24N2S/c1-2-9-19-12-15-7-8-17(16(10-15)11-18)20-13-14-5-3-4-6-14/h7-8,10,14,19H,2-6,9,12-13H2,1H3. The maximum absolute atomic E-state index is 9.32. The van der Waals surface area contributed by atoms with Gasteiger partial charge in [0.2, 0.25) is 0 Å². The number of nitrogens with zero attached hydrogens (tertiary/aromatic N) is 1. The summed E-state index contributed by atoms with van der Waals surface area (Å²) in [6, 6.07) is 8.67. The fraction of sp³-hybridized carbons (Fsp3) is 0.588. The van der Waals surface area contributed by atoms with Gasteiger partial charge < -0.3 is 5.32 Å². The SMILES string of the molecule is CCCNCc1ccc(SCC2CCCC2)c(C#N)c1. The monoisotopic (exact) mass is 288 g/mol. The predicted molar refractivity (Wildman–Crippen MR) is 85.8 cm³/mol. The zero-order valence-corrected chi connectivity index (χ0v) is 13.1. The Kier molecular flexibility index (Phi) is 6.42. The van der Waals surface area contributed by atoms with Crippen molar-refractivity contribution in [1.82, 2.24) is 5.32 Å². The summed E-state index contributed by atoms with van der Waals surface area (Å²) in [7, 11) is 0. The molecule has 1 fully saturated rings. The third kappa shape index (κ3) is 4.54. The van der Waals surface area contributed by atoms with E-state index in [9.17, 15) is 5.26 Å². The van der Waals surface area contributed by atoms with Crippen LogP contribution in [-0.2, 0) is 6.54 Å². The lowest BCUT2D eigenvalue weighted by Gasteiger charge is -2.11. The van der Waals surface area contributed by atoms with E-state index >= 15 is 0 Å². The molecule has 0 spiro atoms. The van der Waals surface area contributed by atoms with Gasteiger partial charge in [0.1, 0.15) is 6.07 Å². The third-order valence-corrected chi connectivity index (χ3v) is 5.17. The number of hydrogen-bond acceptors (Lipinski definition) is 3. The van der Waals surface area contributed by atoms with Crippen LogP contribution in [-0.4, -0.2) is 12.3 Å². The van der Waals surface area contributed by atoms with E-state index in [0.717, 1.165) is 35.9 Å². The molecule has 0 aliphatic heterocycles. The van der Waals surface area contributed by atoms with Crippen molar-refractivity contribution in [3.05, 3.63) is 29.3 Å². The fourth-order valence-corrected chi connectivity index (χ4v) is 3.87. The molecule has 1 saturated carbocycles. The first kappa shape index (κ1) is 15.4. The van der Waals surface area contributed by atoms with Gasteiger partial charge in [-0.05, 0) is 49.4 Å². The minimum atomic E-state index is 0.837. The highest BCUT2D eigenvalue weighted by Crippen LogP contribution is 2.32. The molecule has 3 heteroatoms. The molecule has 2 nitrogen and oxygen atoms in total. The molecule has 2 rings (SSSR count). The summed E-state index contributed by atoms with van der Waals surface area (Å²) < 4.78 is 0. The summed E-state index contributed by atoms with van der Waals surface area (Å²) in [5, 5.41) is 12.7. The summed E-state index contributed by atoms with van der Waals surface area (Å²) in [6.45, 7) is 4.05. The van der Waals surface area contributed by atoms with Crippen LogP contribution in [0.15, 0.2) is 23.1 Å². The molecular weight excluding hydrogens is 264 g/mol. The number of benzene rings is 1. The van der Waals surface area contributed by atoms with Crippen molar-refractivity contribution in [1.29, 1.82) is 5.26 Å². The molecule has 0 aromatic heterocycles. The predicted octanol–water partition coefficient (Wildman–Crippen LogP) is 4.34. The largest absolute Gasteiger partial charge is 0.313 e. The highest BCUT2D eigenvalue weighted by atomic mass is 32.2. The van der Waals surface area contributed by atoms with Gasteiger partial charge in [0.25, 0.3) is 0 Å². The first-order valence-electron chi connectivity index (χ1n) is 7.70. The van der Waals surface area contributed by atoms with Gasteiger partial charge in [0.15, 0.2) is 0 Å². The van der Waals surface area contributed by atoms with Gasteiger partial charge >= 0.3 is 0 Å². The molecule has 0 radical (unpaired) electrons. The van der Waals surface area contributed by atoms with Gasteiger partial charge in [0, 0.05) is 17.2 Å². The normalized spacial score (nSPS) is 15.4. The molecule has 1 aromatic carbocycles. The van der Waals surface area contributed by atoms with Gasteiger partial charge in [-0.2, -0.15) is 5.26 Å². The molecule has 0 unspecified atom stereocenters. The Labute approximate surface area is 127 Å². The summed E-state index contributed by atoms with van der Waals surface area (Å²) in [4.78, 5) is 1.15. The van der Waals surface area contributed by atoms with E-state index in [2.05, 4.69) is 30.4 Å². The summed E-state index contributed by atoms with van der Waals surface area (Å²) >= 11 is 1.86. The van der Waals surface area contributed by atoms with Gasteiger partial charge in [-0.1, -0.05) is 25.8 Å². The second kappa shape index (κ2) is 8.34. The van der Waals surface area contributed by atoms with Crippen molar-refractivity contribution in [2.75, 3.05) is 12.3 Å². The minimum Gasteiger partial charge on any atom is -0.313 e.